The predicted octanol–water partition coefficient (Wildman–Crippen LogP) is 3.54. The van der Waals surface area contributed by atoms with E-state index in [9.17, 15) is 20.1 Å². The van der Waals surface area contributed by atoms with Gasteiger partial charge >= 0.3 is 0 Å². The minimum atomic E-state index is -0.584. The molecule has 31 heavy (non-hydrogen) atoms. The predicted molar refractivity (Wildman–Crippen MR) is 124 cm³/mol. The van der Waals surface area contributed by atoms with Crippen LogP contribution >= 0.6 is 0 Å². The number of benzene rings is 1. The minimum absolute atomic E-state index is 0.0533. The average molecular weight is 430 g/mol. The number of hydrogen-bond donors (Lipinski definition) is 4. The van der Waals surface area contributed by atoms with Gasteiger partial charge in [-0.25, -0.2) is 0 Å². The molecule has 1 aromatic carbocycles. The highest BCUT2D eigenvalue weighted by atomic mass is 16.3. The smallest absolute Gasteiger partial charge is 0.219 e. The van der Waals surface area contributed by atoms with E-state index in [2.05, 4.69) is 23.5 Å². The summed E-state index contributed by atoms with van der Waals surface area (Å²) in [7, 11) is 0. The van der Waals surface area contributed by atoms with Crippen molar-refractivity contribution in [3.8, 4) is 0 Å². The summed E-state index contributed by atoms with van der Waals surface area (Å²) in [4.78, 5) is 11.4. The lowest BCUT2D eigenvalue weighted by molar-refractivity contribution is -0.121. The Kier molecular flexibility index (Phi) is 11.6. The van der Waals surface area contributed by atoms with E-state index in [0.717, 1.165) is 25.7 Å². The zero-order valence-corrected chi connectivity index (χ0v) is 18.7. The Morgan fingerprint density at radius 2 is 1.94 bits per heavy atom. The largest absolute Gasteiger partial charge is 0.393 e. The van der Waals surface area contributed by atoms with Gasteiger partial charge in [0.2, 0.25) is 5.91 Å². The Hall–Kier alpha value is -1.95. The number of rotatable bonds is 13. The number of carbonyl (C=O) groups is 1. The normalized spacial score (nSPS) is 24.8. The number of aliphatic hydroxyl groups is 3. The van der Waals surface area contributed by atoms with Crippen LogP contribution in [0.25, 0.3) is 0 Å². The number of carbonyl (C=O) groups excluding carboxylic acids is 1. The maximum Gasteiger partial charge on any atom is 0.219 e. The van der Waals surface area contributed by atoms with Gasteiger partial charge in [-0.05, 0) is 56.9 Å². The van der Waals surface area contributed by atoms with E-state index in [0.29, 0.717) is 32.2 Å². The zero-order chi connectivity index (χ0) is 22.5. The van der Waals surface area contributed by atoms with E-state index in [1.807, 2.05) is 37.3 Å². The van der Waals surface area contributed by atoms with Gasteiger partial charge in [0.1, 0.15) is 0 Å². The molecule has 1 aliphatic rings. The number of nitrogens with one attached hydrogen (secondary N) is 1. The zero-order valence-electron chi connectivity index (χ0n) is 18.7. The van der Waals surface area contributed by atoms with Crippen molar-refractivity contribution in [1.82, 2.24) is 5.32 Å². The van der Waals surface area contributed by atoms with E-state index in [-0.39, 0.29) is 17.7 Å². The van der Waals surface area contributed by atoms with Crippen LogP contribution in [0.15, 0.2) is 54.6 Å². The molecule has 0 aromatic heterocycles. The van der Waals surface area contributed by atoms with Crippen LogP contribution in [0.4, 0.5) is 0 Å². The molecule has 0 radical (unpaired) electrons. The maximum absolute atomic E-state index is 11.4. The number of unbranched alkanes of at least 4 members (excludes halogenated alkanes) is 1. The molecule has 0 heterocycles. The fraction of sp³-hybridized carbons (Fsp3) is 0.577. The molecule has 172 valence electrons. The van der Waals surface area contributed by atoms with Crippen LogP contribution in [0.3, 0.4) is 0 Å². The van der Waals surface area contributed by atoms with Crippen molar-refractivity contribution >= 4 is 5.91 Å². The Bertz CT molecular complexity index is 688. The SMILES string of the molecule is CCNC(=O)CCC/C=C\C[C@H]1[C@H](/C=C/[C@H](O)CCCc2ccccc2)[C@@H](O)C[C@H]1O. The molecule has 1 aromatic rings. The molecule has 0 unspecified atom stereocenters. The van der Waals surface area contributed by atoms with Crippen molar-refractivity contribution in [3.05, 3.63) is 60.2 Å². The van der Waals surface area contributed by atoms with E-state index in [1.54, 1.807) is 6.08 Å². The molecule has 0 bridgehead atoms. The number of allylic oxidation sites excluding steroid dienone is 2. The van der Waals surface area contributed by atoms with Gasteiger partial charge in [-0.3, -0.25) is 4.79 Å². The van der Waals surface area contributed by atoms with Crippen molar-refractivity contribution in [2.75, 3.05) is 6.54 Å². The van der Waals surface area contributed by atoms with Crippen LogP contribution in [0, 0.1) is 11.8 Å². The summed E-state index contributed by atoms with van der Waals surface area (Å²) in [6.07, 6.45) is 11.8. The Balaban J connectivity index is 1.74. The lowest BCUT2D eigenvalue weighted by atomic mass is 9.89. The summed E-state index contributed by atoms with van der Waals surface area (Å²) >= 11 is 0. The first kappa shape index (κ1) is 25.3. The average Bonchev–Trinajstić information content (AvgIpc) is 3.02. The molecule has 0 saturated heterocycles. The summed E-state index contributed by atoms with van der Waals surface area (Å²) in [5, 5.41) is 33.8. The number of amides is 1. The Labute approximate surface area is 186 Å². The van der Waals surface area contributed by atoms with E-state index in [4.69, 9.17) is 0 Å². The molecule has 1 fully saturated rings. The van der Waals surface area contributed by atoms with Crippen LogP contribution < -0.4 is 5.32 Å². The van der Waals surface area contributed by atoms with Gasteiger partial charge in [-0.2, -0.15) is 0 Å². The molecular weight excluding hydrogens is 390 g/mol. The number of aliphatic hydroxyl groups excluding tert-OH is 3. The molecule has 0 aliphatic heterocycles. The first-order valence-corrected chi connectivity index (χ1v) is 11.7. The molecule has 1 saturated carbocycles. The first-order valence-electron chi connectivity index (χ1n) is 11.7. The van der Waals surface area contributed by atoms with E-state index < -0.39 is 18.3 Å². The van der Waals surface area contributed by atoms with Crippen LogP contribution in [-0.2, 0) is 11.2 Å². The summed E-state index contributed by atoms with van der Waals surface area (Å²) in [5.41, 5.74) is 1.27. The fourth-order valence-corrected chi connectivity index (χ4v) is 4.26. The quantitative estimate of drug-likeness (QED) is 0.285. The van der Waals surface area contributed by atoms with Gasteiger partial charge in [-0.1, -0.05) is 54.6 Å². The van der Waals surface area contributed by atoms with Gasteiger partial charge in [0.05, 0.1) is 18.3 Å². The minimum Gasteiger partial charge on any atom is -0.393 e. The third-order valence-electron chi connectivity index (χ3n) is 6.00. The molecule has 5 nitrogen and oxygen atoms in total. The molecule has 5 heteroatoms. The molecule has 4 N–H and O–H groups in total. The Morgan fingerprint density at radius 1 is 1.16 bits per heavy atom. The molecule has 1 aliphatic carbocycles. The van der Waals surface area contributed by atoms with Crippen molar-refractivity contribution in [3.63, 3.8) is 0 Å². The lowest BCUT2D eigenvalue weighted by Gasteiger charge is -2.19. The van der Waals surface area contributed by atoms with Gasteiger partial charge < -0.3 is 20.6 Å². The standard InChI is InChI=1S/C26H39NO4/c1-2-27-26(31)16-9-4-3-8-15-22-23(25(30)19-24(22)29)18-17-21(28)14-10-13-20-11-6-5-7-12-20/h3,5-8,11-12,17-18,21-25,28-30H,2,4,9-10,13-16,19H2,1H3,(H,27,31)/b8-3-,18-17+/t21-,22+,23+,24-,25+/m1/s1. The topological polar surface area (TPSA) is 89.8 Å². The second kappa shape index (κ2) is 14.2. The molecule has 0 spiro atoms. The summed E-state index contributed by atoms with van der Waals surface area (Å²) < 4.78 is 0. The highest BCUT2D eigenvalue weighted by Crippen LogP contribution is 2.36. The third-order valence-corrected chi connectivity index (χ3v) is 6.00. The monoisotopic (exact) mass is 429 g/mol. The number of aryl methyl sites for hydroxylation is 1. The van der Waals surface area contributed by atoms with Gasteiger partial charge in [0.25, 0.3) is 0 Å². The van der Waals surface area contributed by atoms with Crippen LogP contribution in [0.5, 0.6) is 0 Å². The first-order chi connectivity index (χ1) is 15.0. The Morgan fingerprint density at radius 3 is 2.68 bits per heavy atom. The van der Waals surface area contributed by atoms with E-state index in [1.165, 1.54) is 5.56 Å². The van der Waals surface area contributed by atoms with Gasteiger partial charge in [0, 0.05) is 25.3 Å². The molecular formula is C26H39NO4. The third kappa shape index (κ3) is 9.38. The highest BCUT2D eigenvalue weighted by Gasteiger charge is 2.39. The van der Waals surface area contributed by atoms with Crippen molar-refractivity contribution in [1.29, 1.82) is 0 Å². The summed E-state index contributed by atoms with van der Waals surface area (Å²) in [5.74, 6) is -0.126. The van der Waals surface area contributed by atoms with Crippen molar-refractivity contribution in [2.24, 2.45) is 11.8 Å². The second-order valence-corrected chi connectivity index (χ2v) is 8.49. The summed E-state index contributed by atoms with van der Waals surface area (Å²) in [6.45, 7) is 2.57. The van der Waals surface area contributed by atoms with Gasteiger partial charge in [0.15, 0.2) is 0 Å². The van der Waals surface area contributed by atoms with E-state index >= 15 is 0 Å². The van der Waals surface area contributed by atoms with Crippen LogP contribution in [0.2, 0.25) is 0 Å². The van der Waals surface area contributed by atoms with Crippen LogP contribution in [0.1, 0.15) is 57.4 Å². The molecule has 1 amide bonds. The van der Waals surface area contributed by atoms with Gasteiger partial charge in [-0.15, -0.1) is 0 Å². The molecule has 5 atom stereocenters. The summed E-state index contributed by atoms with van der Waals surface area (Å²) in [6, 6.07) is 10.2. The van der Waals surface area contributed by atoms with Crippen molar-refractivity contribution in [2.45, 2.75) is 76.6 Å². The fourth-order valence-electron chi connectivity index (χ4n) is 4.26. The highest BCUT2D eigenvalue weighted by molar-refractivity contribution is 5.75. The van der Waals surface area contributed by atoms with Crippen LogP contribution in [-0.4, -0.2) is 46.1 Å². The number of hydrogen-bond acceptors (Lipinski definition) is 4. The maximum atomic E-state index is 11.4. The lowest BCUT2D eigenvalue weighted by Crippen LogP contribution is -2.21. The molecule has 2 rings (SSSR count). The van der Waals surface area contributed by atoms with Crippen molar-refractivity contribution < 1.29 is 20.1 Å². The second-order valence-electron chi connectivity index (χ2n) is 8.49.